The van der Waals surface area contributed by atoms with Gasteiger partial charge in [0.2, 0.25) is 10.0 Å². The van der Waals surface area contributed by atoms with Crippen molar-refractivity contribution in [2.24, 2.45) is 5.14 Å². The molecular formula is C19H19N5O2S. The SMILES string of the molecule is CN1C=C(c2cccc(S(N)(=O)=O)c2)C(c2ccc3nccnc3c2)N1C. The second kappa shape index (κ2) is 6.41. The molecule has 1 unspecified atom stereocenters. The third kappa shape index (κ3) is 3.18. The highest BCUT2D eigenvalue weighted by molar-refractivity contribution is 7.89. The molecule has 0 bridgehead atoms. The molecule has 0 amide bonds. The summed E-state index contributed by atoms with van der Waals surface area (Å²) in [7, 11) is 0.168. The standard InChI is InChI=1S/C19H19N5O2S/c1-23-12-16(13-4-3-5-15(10-13)27(20,25)26)19(24(23)2)14-6-7-17-18(11-14)22-9-8-21-17/h3-12,19H,1-2H3,(H2,20,25,26). The summed E-state index contributed by atoms with van der Waals surface area (Å²) in [5.74, 6) is 0. The van der Waals surface area contributed by atoms with E-state index in [1.807, 2.05) is 49.6 Å². The Morgan fingerprint density at radius 1 is 1.00 bits per heavy atom. The Balaban J connectivity index is 1.82. The van der Waals surface area contributed by atoms with Crippen LogP contribution in [0.15, 0.2) is 66.0 Å². The van der Waals surface area contributed by atoms with Gasteiger partial charge in [0.1, 0.15) is 0 Å². The number of benzene rings is 2. The number of nitrogens with two attached hydrogens (primary N) is 1. The Morgan fingerprint density at radius 3 is 2.48 bits per heavy atom. The summed E-state index contributed by atoms with van der Waals surface area (Å²) in [6.45, 7) is 0. The molecule has 0 fully saturated rings. The molecule has 0 radical (unpaired) electrons. The number of sulfonamides is 1. The van der Waals surface area contributed by atoms with Crippen molar-refractivity contribution in [3.05, 3.63) is 72.2 Å². The van der Waals surface area contributed by atoms with Crippen LogP contribution in [0.1, 0.15) is 17.2 Å². The van der Waals surface area contributed by atoms with E-state index in [9.17, 15) is 8.42 Å². The molecule has 1 aliphatic rings. The van der Waals surface area contributed by atoms with Crippen LogP contribution < -0.4 is 5.14 Å². The predicted octanol–water partition coefficient (Wildman–Crippen LogP) is 2.15. The molecule has 4 rings (SSSR count). The lowest BCUT2D eigenvalue weighted by molar-refractivity contribution is 0.0753. The van der Waals surface area contributed by atoms with Crippen molar-refractivity contribution in [1.82, 2.24) is 20.0 Å². The van der Waals surface area contributed by atoms with Gasteiger partial charge in [-0.1, -0.05) is 18.2 Å². The van der Waals surface area contributed by atoms with Crippen molar-refractivity contribution < 1.29 is 8.42 Å². The summed E-state index contributed by atoms with van der Waals surface area (Å²) < 4.78 is 23.5. The first-order chi connectivity index (χ1) is 12.8. The van der Waals surface area contributed by atoms with Crippen LogP contribution in [0.2, 0.25) is 0 Å². The molecule has 1 atom stereocenters. The number of nitrogens with zero attached hydrogens (tertiary/aromatic N) is 4. The topological polar surface area (TPSA) is 92.4 Å². The van der Waals surface area contributed by atoms with Gasteiger partial charge in [-0.2, -0.15) is 0 Å². The highest BCUT2D eigenvalue weighted by atomic mass is 32.2. The predicted molar refractivity (Wildman–Crippen MR) is 104 cm³/mol. The summed E-state index contributed by atoms with van der Waals surface area (Å²) in [6, 6.07) is 12.6. The van der Waals surface area contributed by atoms with Crippen LogP contribution in [0.4, 0.5) is 0 Å². The third-order valence-corrected chi connectivity index (χ3v) is 5.71. The van der Waals surface area contributed by atoms with Crippen LogP contribution in [0, 0.1) is 0 Å². The zero-order valence-electron chi connectivity index (χ0n) is 14.9. The second-order valence-electron chi connectivity index (χ2n) is 6.51. The molecule has 0 saturated heterocycles. The van der Waals surface area contributed by atoms with Crippen LogP contribution >= 0.6 is 0 Å². The van der Waals surface area contributed by atoms with Gasteiger partial charge in [0.05, 0.1) is 22.0 Å². The van der Waals surface area contributed by atoms with Gasteiger partial charge in [-0.25, -0.2) is 18.6 Å². The van der Waals surface area contributed by atoms with E-state index >= 15 is 0 Å². The van der Waals surface area contributed by atoms with Crippen LogP contribution in [0.5, 0.6) is 0 Å². The molecule has 2 N–H and O–H groups in total. The first-order valence-electron chi connectivity index (χ1n) is 8.36. The molecule has 138 valence electrons. The Bertz CT molecular complexity index is 1160. The Labute approximate surface area is 157 Å². The summed E-state index contributed by atoms with van der Waals surface area (Å²) in [4.78, 5) is 8.81. The lowest BCUT2D eigenvalue weighted by Gasteiger charge is -2.28. The van der Waals surface area contributed by atoms with Crippen molar-refractivity contribution in [3.8, 4) is 0 Å². The van der Waals surface area contributed by atoms with Crippen molar-refractivity contribution in [3.63, 3.8) is 0 Å². The Kier molecular flexibility index (Phi) is 4.18. The number of hydrogen-bond acceptors (Lipinski definition) is 6. The summed E-state index contributed by atoms with van der Waals surface area (Å²) in [5.41, 5.74) is 4.48. The van der Waals surface area contributed by atoms with Gasteiger partial charge in [-0.3, -0.25) is 9.97 Å². The quantitative estimate of drug-likeness (QED) is 0.747. The summed E-state index contributed by atoms with van der Waals surface area (Å²) >= 11 is 0. The summed E-state index contributed by atoms with van der Waals surface area (Å²) in [6.07, 6.45) is 5.33. The highest BCUT2D eigenvalue weighted by Gasteiger charge is 2.31. The average molecular weight is 381 g/mol. The van der Waals surface area contributed by atoms with Crippen molar-refractivity contribution >= 4 is 26.6 Å². The molecule has 27 heavy (non-hydrogen) atoms. The smallest absolute Gasteiger partial charge is 0.238 e. The van der Waals surface area contributed by atoms with E-state index in [4.69, 9.17) is 5.14 Å². The van der Waals surface area contributed by atoms with E-state index in [1.165, 1.54) is 6.07 Å². The van der Waals surface area contributed by atoms with E-state index in [0.717, 1.165) is 27.7 Å². The first kappa shape index (κ1) is 17.6. The Morgan fingerprint density at radius 2 is 1.74 bits per heavy atom. The molecule has 7 nitrogen and oxygen atoms in total. The monoisotopic (exact) mass is 381 g/mol. The molecule has 0 saturated carbocycles. The first-order valence-corrected chi connectivity index (χ1v) is 9.90. The van der Waals surface area contributed by atoms with Crippen LogP contribution in [0.3, 0.4) is 0 Å². The minimum absolute atomic E-state index is 0.0860. The zero-order chi connectivity index (χ0) is 19.2. The summed E-state index contributed by atoms with van der Waals surface area (Å²) in [5, 5.41) is 9.36. The van der Waals surface area contributed by atoms with E-state index in [-0.39, 0.29) is 10.9 Å². The van der Waals surface area contributed by atoms with Gasteiger partial charge in [0.25, 0.3) is 0 Å². The minimum Gasteiger partial charge on any atom is -0.315 e. The molecular weight excluding hydrogens is 362 g/mol. The molecule has 0 spiro atoms. The zero-order valence-corrected chi connectivity index (χ0v) is 15.8. The normalized spacial score (nSPS) is 18.1. The molecule has 8 heteroatoms. The Hall–Kier alpha value is -2.81. The van der Waals surface area contributed by atoms with E-state index in [0.29, 0.717) is 0 Å². The van der Waals surface area contributed by atoms with Crippen molar-refractivity contribution in [2.45, 2.75) is 10.9 Å². The van der Waals surface area contributed by atoms with Crippen molar-refractivity contribution in [1.29, 1.82) is 0 Å². The largest absolute Gasteiger partial charge is 0.315 e. The number of likely N-dealkylation sites (N-methyl/N-ethyl adjacent to an activating group) is 1. The van der Waals surface area contributed by atoms with Crippen LogP contribution in [0.25, 0.3) is 16.6 Å². The maximum absolute atomic E-state index is 11.7. The molecule has 3 aromatic rings. The molecule has 1 aliphatic heterocycles. The number of hydrogen-bond donors (Lipinski definition) is 1. The number of hydrazine groups is 1. The average Bonchev–Trinajstić information content (AvgIpc) is 2.96. The van der Waals surface area contributed by atoms with Gasteiger partial charge in [0, 0.05) is 38.3 Å². The molecule has 0 aliphatic carbocycles. The lowest BCUT2D eigenvalue weighted by Crippen LogP contribution is -2.30. The van der Waals surface area contributed by atoms with E-state index in [2.05, 4.69) is 15.0 Å². The lowest BCUT2D eigenvalue weighted by atomic mass is 9.94. The fourth-order valence-corrected chi connectivity index (χ4v) is 3.94. The molecule has 2 heterocycles. The van der Waals surface area contributed by atoms with Gasteiger partial charge >= 0.3 is 0 Å². The van der Waals surface area contributed by atoms with Crippen LogP contribution in [-0.4, -0.2) is 42.5 Å². The maximum atomic E-state index is 11.7. The number of aromatic nitrogens is 2. The van der Waals surface area contributed by atoms with Gasteiger partial charge in [0.15, 0.2) is 0 Å². The van der Waals surface area contributed by atoms with E-state index in [1.54, 1.807) is 24.5 Å². The maximum Gasteiger partial charge on any atom is 0.238 e. The second-order valence-corrected chi connectivity index (χ2v) is 8.07. The van der Waals surface area contributed by atoms with Gasteiger partial charge in [-0.05, 0) is 35.4 Å². The van der Waals surface area contributed by atoms with Crippen LogP contribution in [-0.2, 0) is 10.0 Å². The number of rotatable bonds is 3. The van der Waals surface area contributed by atoms with Gasteiger partial charge in [-0.15, -0.1) is 0 Å². The fourth-order valence-electron chi connectivity index (χ4n) is 3.38. The van der Waals surface area contributed by atoms with E-state index < -0.39 is 10.0 Å². The molecule has 1 aromatic heterocycles. The number of primary sulfonamides is 1. The fraction of sp³-hybridized carbons (Fsp3) is 0.158. The number of fused-ring (bicyclic) bond motifs is 1. The third-order valence-electron chi connectivity index (χ3n) is 4.80. The van der Waals surface area contributed by atoms with Gasteiger partial charge < -0.3 is 5.01 Å². The minimum atomic E-state index is -3.77. The molecule has 2 aromatic carbocycles. The van der Waals surface area contributed by atoms with Crippen molar-refractivity contribution in [2.75, 3.05) is 14.1 Å². The highest BCUT2D eigenvalue weighted by Crippen LogP contribution is 2.40.